The van der Waals surface area contributed by atoms with Crippen LogP contribution >= 0.6 is 0 Å². The van der Waals surface area contributed by atoms with Crippen molar-refractivity contribution in [2.45, 2.75) is 13.5 Å². The molecule has 2 rings (SSSR count). The van der Waals surface area contributed by atoms with E-state index in [-0.39, 0.29) is 23.2 Å². The predicted octanol–water partition coefficient (Wildman–Crippen LogP) is 2.65. The smallest absolute Gasteiger partial charge is 0.339 e. The van der Waals surface area contributed by atoms with Crippen molar-refractivity contribution >= 4 is 12.0 Å². The lowest BCUT2D eigenvalue weighted by atomic mass is 9.98. The molecule has 132 valence electrons. The Morgan fingerprint density at radius 3 is 2.52 bits per heavy atom. The van der Waals surface area contributed by atoms with Gasteiger partial charge in [0.05, 0.1) is 0 Å². The minimum absolute atomic E-state index is 0.0573. The van der Waals surface area contributed by atoms with Crippen LogP contribution in [0.5, 0.6) is 0 Å². The van der Waals surface area contributed by atoms with Crippen molar-refractivity contribution in [2.75, 3.05) is 6.54 Å². The Labute approximate surface area is 142 Å². The van der Waals surface area contributed by atoms with Crippen LogP contribution in [0.2, 0.25) is 0 Å². The van der Waals surface area contributed by atoms with Gasteiger partial charge in [-0.3, -0.25) is 5.43 Å². The Morgan fingerprint density at radius 1 is 1.12 bits per heavy atom. The van der Waals surface area contributed by atoms with Gasteiger partial charge in [0.15, 0.2) is 0 Å². The molecule has 0 aliphatic rings. The minimum atomic E-state index is -1.43. The number of halogens is 2. The third-order valence-corrected chi connectivity index (χ3v) is 3.41. The zero-order chi connectivity index (χ0) is 18.4. The lowest BCUT2D eigenvalue weighted by Crippen LogP contribution is -2.43. The SMILES string of the molecule is CCNNC(=O)NCc1ccc(-c2cccc(F)c2C(=O)O)cc1F. The average Bonchev–Trinajstić information content (AvgIpc) is 2.58. The van der Waals surface area contributed by atoms with E-state index in [1.165, 1.54) is 24.3 Å². The van der Waals surface area contributed by atoms with Crippen LogP contribution in [-0.2, 0) is 6.54 Å². The molecule has 2 aromatic rings. The molecule has 8 heteroatoms. The number of benzene rings is 2. The van der Waals surface area contributed by atoms with E-state index in [0.717, 1.165) is 12.1 Å². The minimum Gasteiger partial charge on any atom is -0.478 e. The van der Waals surface area contributed by atoms with Crippen LogP contribution in [0.3, 0.4) is 0 Å². The Bertz CT molecular complexity index is 797. The number of hydrogen-bond acceptors (Lipinski definition) is 3. The molecule has 6 nitrogen and oxygen atoms in total. The molecule has 0 fully saturated rings. The van der Waals surface area contributed by atoms with E-state index in [4.69, 9.17) is 5.11 Å². The van der Waals surface area contributed by atoms with E-state index in [2.05, 4.69) is 16.2 Å². The second-order valence-electron chi connectivity index (χ2n) is 5.11. The monoisotopic (exact) mass is 349 g/mol. The fourth-order valence-corrected chi connectivity index (χ4v) is 2.23. The largest absolute Gasteiger partial charge is 0.478 e. The number of carboxylic acid groups (broad SMARTS) is 1. The molecule has 0 bridgehead atoms. The van der Waals surface area contributed by atoms with Gasteiger partial charge >= 0.3 is 12.0 Å². The molecule has 0 spiro atoms. The van der Waals surface area contributed by atoms with E-state index >= 15 is 0 Å². The first kappa shape index (κ1) is 18.3. The first-order valence-corrected chi connectivity index (χ1v) is 7.51. The first-order valence-electron chi connectivity index (χ1n) is 7.51. The highest BCUT2D eigenvalue weighted by atomic mass is 19.1. The predicted molar refractivity (Wildman–Crippen MR) is 87.8 cm³/mol. The van der Waals surface area contributed by atoms with Crippen molar-refractivity contribution in [1.82, 2.24) is 16.2 Å². The molecule has 0 unspecified atom stereocenters. The Morgan fingerprint density at radius 2 is 1.88 bits per heavy atom. The van der Waals surface area contributed by atoms with Crippen molar-refractivity contribution < 1.29 is 23.5 Å². The van der Waals surface area contributed by atoms with Gasteiger partial charge in [0, 0.05) is 18.7 Å². The summed E-state index contributed by atoms with van der Waals surface area (Å²) in [4.78, 5) is 22.7. The van der Waals surface area contributed by atoms with Gasteiger partial charge in [-0.25, -0.2) is 23.8 Å². The molecule has 0 saturated carbocycles. The summed E-state index contributed by atoms with van der Waals surface area (Å²) in [7, 11) is 0. The molecule has 0 aliphatic heterocycles. The number of carbonyl (C=O) groups is 2. The Kier molecular flexibility index (Phi) is 6.02. The second-order valence-corrected chi connectivity index (χ2v) is 5.11. The van der Waals surface area contributed by atoms with Crippen LogP contribution in [0.25, 0.3) is 11.1 Å². The fourth-order valence-electron chi connectivity index (χ4n) is 2.23. The molecule has 4 N–H and O–H groups in total. The number of urea groups is 1. The lowest BCUT2D eigenvalue weighted by molar-refractivity contribution is 0.0692. The highest BCUT2D eigenvalue weighted by Crippen LogP contribution is 2.27. The van der Waals surface area contributed by atoms with Gasteiger partial charge in [0.2, 0.25) is 0 Å². The van der Waals surface area contributed by atoms with Crippen LogP contribution in [0.15, 0.2) is 36.4 Å². The Balaban J connectivity index is 2.22. The van der Waals surface area contributed by atoms with Crippen LogP contribution in [0.1, 0.15) is 22.8 Å². The van der Waals surface area contributed by atoms with Crippen LogP contribution in [0, 0.1) is 11.6 Å². The van der Waals surface area contributed by atoms with E-state index in [1.807, 2.05) is 0 Å². The summed E-state index contributed by atoms with van der Waals surface area (Å²) in [6, 6.07) is 7.28. The number of amides is 2. The fraction of sp³-hybridized carbons (Fsp3) is 0.176. The Hall–Kier alpha value is -3.00. The number of rotatable bonds is 6. The summed E-state index contributed by atoms with van der Waals surface area (Å²) in [5.74, 6) is -2.96. The summed E-state index contributed by atoms with van der Waals surface area (Å²) >= 11 is 0. The zero-order valence-corrected chi connectivity index (χ0v) is 13.4. The van der Waals surface area contributed by atoms with Crippen LogP contribution in [0.4, 0.5) is 13.6 Å². The number of hydrazine groups is 1. The number of hydrogen-bond donors (Lipinski definition) is 4. The molecule has 2 aromatic carbocycles. The molecule has 2 amide bonds. The standard InChI is InChI=1S/C17H17F2N3O3/c1-2-21-22-17(25)20-9-11-7-6-10(8-14(11)19)12-4-3-5-13(18)15(12)16(23)24/h3-8,21H,2,9H2,1H3,(H,23,24)(H2,20,22,25). The van der Waals surface area contributed by atoms with Gasteiger partial charge in [-0.2, -0.15) is 0 Å². The van der Waals surface area contributed by atoms with Crippen molar-refractivity contribution in [3.8, 4) is 11.1 Å². The normalized spacial score (nSPS) is 10.4. The molecular weight excluding hydrogens is 332 g/mol. The maximum Gasteiger partial charge on any atom is 0.339 e. The topological polar surface area (TPSA) is 90.5 Å². The quantitative estimate of drug-likeness (QED) is 0.604. The van der Waals surface area contributed by atoms with Crippen molar-refractivity contribution in [3.05, 3.63) is 59.2 Å². The number of carboxylic acids is 1. The summed E-state index contributed by atoms with van der Waals surface area (Å²) in [6.45, 7) is 2.28. The van der Waals surface area contributed by atoms with E-state index < -0.39 is 29.2 Å². The summed E-state index contributed by atoms with van der Waals surface area (Å²) in [6.07, 6.45) is 0. The summed E-state index contributed by atoms with van der Waals surface area (Å²) in [5.41, 5.74) is 4.97. The van der Waals surface area contributed by atoms with Crippen LogP contribution in [-0.4, -0.2) is 23.7 Å². The number of carbonyl (C=O) groups excluding carboxylic acids is 1. The molecule has 0 radical (unpaired) electrons. The summed E-state index contributed by atoms with van der Waals surface area (Å²) < 4.78 is 28.0. The molecule has 0 heterocycles. The third kappa shape index (κ3) is 4.51. The maximum absolute atomic E-state index is 14.2. The summed E-state index contributed by atoms with van der Waals surface area (Å²) in [5, 5.41) is 11.6. The zero-order valence-electron chi connectivity index (χ0n) is 13.4. The van der Waals surface area contributed by atoms with Crippen LogP contribution < -0.4 is 16.2 Å². The molecular formula is C17H17F2N3O3. The number of aromatic carboxylic acids is 1. The molecule has 0 aromatic heterocycles. The van der Waals surface area contributed by atoms with E-state index in [9.17, 15) is 18.4 Å². The highest BCUT2D eigenvalue weighted by molar-refractivity contribution is 5.96. The first-order chi connectivity index (χ1) is 11.9. The van der Waals surface area contributed by atoms with E-state index in [1.54, 1.807) is 6.92 Å². The maximum atomic E-state index is 14.2. The van der Waals surface area contributed by atoms with Crippen molar-refractivity contribution in [3.63, 3.8) is 0 Å². The average molecular weight is 349 g/mol. The molecule has 0 atom stereocenters. The third-order valence-electron chi connectivity index (χ3n) is 3.41. The molecule has 0 saturated heterocycles. The molecule has 25 heavy (non-hydrogen) atoms. The lowest BCUT2D eigenvalue weighted by Gasteiger charge is -2.11. The van der Waals surface area contributed by atoms with Crippen molar-refractivity contribution in [1.29, 1.82) is 0 Å². The van der Waals surface area contributed by atoms with Gasteiger partial charge < -0.3 is 10.4 Å². The number of nitrogens with one attached hydrogen (secondary N) is 3. The van der Waals surface area contributed by atoms with Crippen molar-refractivity contribution in [2.24, 2.45) is 0 Å². The second kappa shape index (κ2) is 8.20. The van der Waals surface area contributed by atoms with Gasteiger partial charge in [0.25, 0.3) is 0 Å². The van der Waals surface area contributed by atoms with Gasteiger partial charge in [-0.15, -0.1) is 0 Å². The van der Waals surface area contributed by atoms with Gasteiger partial charge in [0.1, 0.15) is 17.2 Å². The molecule has 0 aliphatic carbocycles. The highest BCUT2D eigenvalue weighted by Gasteiger charge is 2.17. The van der Waals surface area contributed by atoms with Gasteiger partial charge in [-0.05, 0) is 23.3 Å². The van der Waals surface area contributed by atoms with Gasteiger partial charge in [-0.1, -0.05) is 31.2 Å². The van der Waals surface area contributed by atoms with E-state index in [0.29, 0.717) is 6.54 Å².